The Morgan fingerprint density at radius 1 is 1.28 bits per heavy atom. The summed E-state index contributed by atoms with van der Waals surface area (Å²) in [6, 6.07) is 3.71. The first-order chi connectivity index (χ1) is 8.40. The number of halogens is 3. The molecule has 0 spiro atoms. The molecule has 0 saturated carbocycles. The number of nitrogens with two attached hydrogens (primary N) is 1. The van der Waals surface area contributed by atoms with Crippen LogP contribution in [0.1, 0.15) is 18.9 Å². The maximum atomic E-state index is 12.9. The molecule has 3 nitrogen and oxygen atoms in total. The van der Waals surface area contributed by atoms with Gasteiger partial charge in [0.25, 0.3) is 0 Å². The number of anilines is 2. The van der Waals surface area contributed by atoms with Crippen LogP contribution >= 0.6 is 0 Å². The topological polar surface area (TPSA) is 49.5 Å². The Morgan fingerprint density at radius 2 is 1.94 bits per heavy atom. The van der Waals surface area contributed by atoms with Crippen LogP contribution in [0.3, 0.4) is 0 Å². The summed E-state index contributed by atoms with van der Waals surface area (Å²) in [5.74, 6) is 0. The zero-order valence-electron chi connectivity index (χ0n) is 10.2. The van der Waals surface area contributed by atoms with Gasteiger partial charge in [-0.15, -0.1) is 0 Å². The fourth-order valence-corrected chi connectivity index (χ4v) is 1.80. The third-order valence-corrected chi connectivity index (χ3v) is 2.53. The lowest BCUT2D eigenvalue weighted by atomic mass is 10.1. The summed E-state index contributed by atoms with van der Waals surface area (Å²) < 4.78 is 38.8. The van der Waals surface area contributed by atoms with Crippen LogP contribution in [-0.4, -0.2) is 24.8 Å². The monoisotopic (exact) mass is 262 g/mol. The predicted molar refractivity (Wildman–Crippen MR) is 65.4 cm³/mol. The molecule has 0 radical (unpaired) electrons. The van der Waals surface area contributed by atoms with Gasteiger partial charge in [-0.1, -0.05) is 6.92 Å². The summed E-state index contributed by atoms with van der Waals surface area (Å²) in [5, 5.41) is 8.93. The van der Waals surface area contributed by atoms with Crippen molar-refractivity contribution in [2.24, 2.45) is 0 Å². The Balaban J connectivity index is 3.20. The standard InChI is InChI=1S/C12H17F3N2O/c1-2-5-17(6-7-18)11-4-3-9(16)8-10(11)12(13,14)15/h3-4,8,18H,2,5-7,16H2,1H3. The summed E-state index contributed by atoms with van der Waals surface area (Å²) >= 11 is 0. The lowest BCUT2D eigenvalue weighted by Gasteiger charge is -2.27. The number of nitrogen functional groups attached to an aromatic ring is 1. The molecule has 3 N–H and O–H groups in total. The number of hydrogen-bond acceptors (Lipinski definition) is 3. The molecule has 0 unspecified atom stereocenters. The second-order valence-corrected chi connectivity index (χ2v) is 3.99. The third-order valence-electron chi connectivity index (χ3n) is 2.53. The number of rotatable bonds is 5. The minimum Gasteiger partial charge on any atom is -0.399 e. The quantitative estimate of drug-likeness (QED) is 0.801. The molecule has 0 aliphatic carbocycles. The van der Waals surface area contributed by atoms with Crippen LogP contribution in [0.25, 0.3) is 0 Å². The molecule has 0 amide bonds. The van der Waals surface area contributed by atoms with E-state index in [1.165, 1.54) is 17.0 Å². The zero-order chi connectivity index (χ0) is 13.8. The van der Waals surface area contributed by atoms with Gasteiger partial charge in [-0.05, 0) is 24.6 Å². The number of hydrogen-bond donors (Lipinski definition) is 2. The minimum absolute atomic E-state index is 0.0626. The first kappa shape index (κ1) is 14.6. The van der Waals surface area contributed by atoms with Gasteiger partial charge in [-0.3, -0.25) is 0 Å². The molecule has 18 heavy (non-hydrogen) atoms. The molecule has 6 heteroatoms. The Kier molecular flexibility index (Phi) is 4.84. The van der Waals surface area contributed by atoms with E-state index in [2.05, 4.69) is 0 Å². The molecule has 102 valence electrons. The van der Waals surface area contributed by atoms with Crippen LogP contribution in [0, 0.1) is 0 Å². The van der Waals surface area contributed by atoms with E-state index in [0.29, 0.717) is 13.0 Å². The summed E-state index contributed by atoms with van der Waals surface area (Å²) in [6.45, 7) is 2.30. The highest BCUT2D eigenvalue weighted by Crippen LogP contribution is 2.37. The second kappa shape index (κ2) is 5.95. The summed E-state index contributed by atoms with van der Waals surface area (Å²) in [7, 11) is 0. The van der Waals surface area contributed by atoms with E-state index >= 15 is 0 Å². The van der Waals surface area contributed by atoms with Crippen molar-refractivity contribution < 1.29 is 18.3 Å². The Hall–Kier alpha value is -1.43. The molecule has 0 aromatic heterocycles. The second-order valence-electron chi connectivity index (χ2n) is 3.99. The van der Waals surface area contributed by atoms with Gasteiger partial charge in [0.05, 0.1) is 12.2 Å². The van der Waals surface area contributed by atoms with Crippen molar-refractivity contribution in [1.29, 1.82) is 0 Å². The average molecular weight is 262 g/mol. The van der Waals surface area contributed by atoms with Crippen LogP contribution in [0.5, 0.6) is 0 Å². The van der Waals surface area contributed by atoms with E-state index in [9.17, 15) is 13.2 Å². The van der Waals surface area contributed by atoms with Crippen molar-refractivity contribution in [3.63, 3.8) is 0 Å². The van der Waals surface area contributed by atoms with Crippen molar-refractivity contribution in [2.75, 3.05) is 30.3 Å². The Bertz CT molecular complexity index is 387. The fourth-order valence-electron chi connectivity index (χ4n) is 1.80. The highest BCUT2D eigenvalue weighted by Gasteiger charge is 2.34. The summed E-state index contributed by atoms with van der Waals surface area (Å²) in [5.41, 5.74) is 4.78. The van der Waals surface area contributed by atoms with Crippen molar-refractivity contribution in [3.8, 4) is 0 Å². The summed E-state index contributed by atoms with van der Waals surface area (Å²) in [6.07, 6.45) is -3.76. The van der Waals surface area contributed by atoms with E-state index in [1.54, 1.807) is 0 Å². The van der Waals surface area contributed by atoms with Gasteiger partial charge >= 0.3 is 6.18 Å². The van der Waals surface area contributed by atoms with Crippen LogP contribution in [0.2, 0.25) is 0 Å². The number of nitrogens with zero attached hydrogens (tertiary/aromatic N) is 1. The first-order valence-electron chi connectivity index (χ1n) is 5.72. The SMILES string of the molecule is CCCN(CCO)c1ccc(N)cc1C(F)(F)F. The van der Waals surface area contributed by atoms with Gasteiger partial charge in [0.1, 0.15) is 0 Å². The Morgan fingerprint density at radius 3 is 2.44 bits per heavy atom. The predicted octanol–water partition coefficient (Wildman–Crippen LogP) is 2.50. The number of aliphatic hydroxyl groups excluding tert-OH is 1. The maximum Gasteiger partial charge on any atom is 0.418 e. The first-order valence-corrected chi connectivity index (χ1v) is 5.72. The number of aliphatic hydroxyl groups is 1. The number of benzene rings is 1. The van der Waals surface area contributed by atoms with Crippen molar-refractivity contribution in [1.82, 2.24) is 0 Å². The molecule has 0 fully saturated rings. The van der Waals surface area contributed by atoms with Crippen LogP contribution < -0.4 is 10.6 Å². The van der Waals surface area contributed by atoms with E-state index in [0.717, 1.165) is 6.07 Å². The van der Waals surface area contributed by atoms with Crippen LogP contribution in [0.15, 0.2) is 18.2 Å². The molecule has 0 aliphatic rings. The molecule has 0 atom stereocenters. The molecular formula is C12H17F3N2O. The molecule has 0 heterocycles. The molecule has 1 rings (SSSR count). The average Bonchev–Trinajstić information content (AvgIpc) is 2.27. The third kappa shape index (κ3) is 3.53. The fraction of sp³-hybridized carbons (Fsp3) is 0.500. The highest BCUT2D eigenvalue weighted by atomic mass is 19.4. The molecule has 1 aromatic carbocycles. The van der Waals surface area contributed by atoms with Gasteiger partial charge in [0.2, 0.25) is 0 Å². The largest absolute Gasteiger partial charge is 0.418 e. The zero-order valence-corrected chi connectivity index (χ0v) is 10.2. The molecular weight excluding hydrogens is 245 g/mol. The minimum atomic E-state index is -4.45. The number of alkyl halides is 3. The lowest BCUT2D eigenvalue weighted by molar-refractivity contribution is -0.137. The van der Waals surface area contributed by atoms with Crippen molar-refractivity contribution in [2.45, 2.75) is 19.5 Å². The normalized spacial score (nSPS) is 11.6. The molecule has 0 aliphatic heterocycles. The van der Waals surface area contributed by atoms with Gasteiger partial charge in [-0.2, -0.15) is 13.2 Å². The maximum absolute atomic E-state index is 12.9. The lowest BCUT2D eigenvalue weighted by Crippen LogP contribution is -2.29. The highest BCUT2D eigenvalue weighted by molar-refractivity contribution is 5.60. The van der Waals surface area contributed by atoms with E-state index < -0.39 is 11.7 Å². The smallest absolute Gasteiger partial charge is 0.399 e. The molecule has 1 aromatic rings. The Labute approximate surface area is 104 Å². The van der Waals surface area contributed by atoms with Crippen LogP contribution in [-0.2, 0) is 6.18 Å². The summed E-state index contributed by atoms with van der Waals surface area (Å²) in [4.78, 5) is 1.52. The van der Waals surface area contributed by atoms with E-state index in [1.807, 2.05) is 6.92 Å². The van der Waals surface area contributed by atoms with Crippen molar-refractivity contribution >= 4 is 11.4 Å². The van der Waals surface area contributed by atoms with Gasteiger partial charge in [-0.25, -0.2) is 0 Å². The van der Waals surface area contributed by atoms with Gasteiger partial charge < -0.3 is 15.7 Å². The van der Waals surface area contributed by atoms with Gasteiger partial charge in [0.15, 0.2) is 0 Å². The van der Waals surface area contributed by atoms with Gasteiger partial charge in [0, 0.05) is 24.5 Å². The van der Waals surface area contributed by atoms with Crippen LogP contribution in [0.4, 0.5) is 24.5 Å². The molecule has 0 saturated heterocycles. The molecule has 0 bridgehead atoms. The van der Waals surface area contributed by atoms with E-state index in [-0.39, 0.29) is 24.5 Å². The van der Waals surface area contributed by atoms with E-state index in [4.69, 9.17) is 10.8 Å². The van der Waals surface area contributed by atoms with Crippen molar-refractivity contribution in [3.05, 3.63) is 23.8 Å².